The van der Waals surface area contributed by atoms with Crippen molar-refractivity contribution in [1.82, 2.24) is 0 Å². The predicted molar refractivity (Wildman–Crippen MR) is 66.4 cm³/mol. The van der Waals surface area contributed by atoms with E-state index >= 15 is 0 Å². The Morgan fingerprint density at radius 2 is 1.94 bits per heavy atom. The van der Waals surface area contributed by atoms with Gasteiger partial charge in [0.1, 0.15) is 5.78 Å². The van der Waals surface area contributed by atoms with Crippen LogP contribution in [-0.4, -0.2) is 5.78 Å². The van der Waals surface area contributed by atoms with Gasteiger partial charge in [-0.15, -0.1) is 0 Å². The van der Waals surface area contributed by atoms with Crippen LogP contribution in [0.15, 0.2) is 24.3 Å². The Bertz CT molecular complexity index is 364. The van der Waals surface area contributed by atoms with Gasteiger partial charge in [-0.3, -0.25) is 4.79 Å². The minimum Gasteiger partial charge on any atom is -0.299 e. The first kappa shape index (κ1) is 11.4. The molecule has 0 saturated heterocycles. The van der Waals surface area contributed by atoms with Crippen molar-refractivity contribution in [3.05, 3.63) is 35.4 Å². The van der Waals surface area contributed by atoms with Crippen molar-refractivity contribution in [3.63, 3.8) is 0 Å². The number of carbonyl (C=O) groups excluding carboxylic acids is 1. The molecule has 1 fully saturated rings. The lowest BCUT2D eigenvalue weighted by molar-refractivity contribution is -0.125. The molecule has 1 aromatic rings. The van der Waals surface area contributed by atoms with Gasteiger partial charge in [0.05, 0.1) is 0 Å². The van der Waals surface area contributed by atoms with Crippen molar-refractivity contribution < 1.29 is 4.79 Å². The molecule has 1 aliphatic carbocycles. The summed E-state index contributed by atoms with van der Waals surface area (Å²) in [5, 5.41) is 0. The van der Waals surface area contributed by atoms with E-state index < -0.39 is 0 Å². The number of benzene rings is 1. The lowest BCUT2D eigenvalue weighted by atomic mass is 9.78. The van der Waals surface area contributed by atoms with Crippen molar-refractivity contribution in [3.8, 4) is 0 Å². The molecular formula is C15H20O. The maximum atomic E-state index is 11.8. The second-order valence-electron chi connectivity index (χ2n) is 5.23. The molecule has 1 nitrogen and oxygen atoms in total. The van der Waals surface area contributed by atoms with E-state index in [4.69, 9.17) is 0 Å². The van der Waals surface area contributed by atoms with Crippen molar-refractivity contribution >= 4 is 5.78 Å². The summed E-state index contributed by atoms with van der Waals surface area (Å²) in [6.45, 7) is 4.35. The first-order chi connectivity index (χ1) is 7.65. The third kappa shape index (κ3) is 2.72. The van der Waals surface area contributed by atoms with Crippen LogP contribution in [0.1, 0.15) is 37.3 Å². The van der Waals surface area contributed by atoms with E-state index in [1.807, 2.05) is 0 Å². The first-order valence-corrected chi connectivity index (χ1v) is 6.23. The summed E-state index contributed by atoms with van der Waals surface area (Å²) >= 11 is 0. The van der Waals surface area contributed by atoms with Crippen LogP contribution in [-0.2, 0) is 11.2 Å². The number of Topliss-reactive ketones (excluding diaryl/α,β-unsaturated/α-hetero) is 1. The molecule has 2 atom stereocenters. The second-order valence-corrected chi connectivity index (χ2v) is 5.23. The Balaban J connectivity index is 2.02. The largest absolute Gasteiger partial charge is 0.299 e. The molecule has 86 valence electrons. The van der Waals surface area contributed by atoms with E-state index in [0.717, 1.165) is 25.7 Å². The molecule has 1 saturated carbocycles. The molecule has 0 radical (unpaired) electrons. The highest BCUT2D eigenvalue weighted by Gasteiger charge is 2.26. The van der Waals surface area contributed by atoms with Crippen LogP contribution >= 0.6 is 0 Å². The minimum absolute atomic E-state index is 0.270. The van der Waals surface area contributed by atoms with E-state index in [-0.39, 0.29) is 5.92 Å². The van der Waals surface area contributed by atoms with Crippen molar-refractivity contribution in [1.29, 1.82) is 0 Å². The van der Waals surface area contributed by atoms with Crippen molar-refractivity contribution in [2.24, 2.45) is 11.8 Å². The van der Waals surface area contributed by atoms with Gasteiger partial charge < -0.3 is 0 Å². The SMILES string of the molecule is Cc1ccc(CC2CC(C)CCC2=O)cc1. The average Bonchev–Trinajstić information content (AvgIpc) is 2.27. The Hall–Kier alpha value is -1.11. The monoisotopic (exact) mass is 216 g/mol. The van der Waals surface area contributed by atoms with Gasteiger partial charge in [0.15, 0.2) is 0 Å². The molecule has 2 unspecified atom stereocenters. The maximum Gasteiger partial charge on any atom is 0.136 e. The Kier molecular flexibility index (Phi) is 3.42. The molecule has 0 aliphatic heterocycles. The highest BCUT2D eigenvalue weighted by molar-refractivity contribution is 5.82. The number of carbonyl (C=O) groups is 1. The molecular weight excluding hydrogens is 196 g/mol. The Labute approximate surface area is 97.9 Å². The third-order valence-corrected chi connectivity index (χ3v) is 3.63. The summed E-state index contributed by atoms with van der Waals surface area (Å²) < 4.78 is 0. The van der Waals surface area contributed by atoms with Gasteiger partial charge in [-0.25, -0.2) is 0 Å². The second kappa shape index (κ2) is 4.82. The van der Waals surface area contributed by atoms with Crippen LogP contribution in [0.4, 0.5) is 0 Å². The molecule has 1 aliphatic rings. The fraction of sp³-hybridized carbons (Fsp3) is 0.533. The molecule has 16 heavy (non-hydrogen) atoms. The normalized spacial score (nSPS) is 25.8. The van der Waals surface area contributed by atoms with Gasteiger partial charge in [-0.1, -0.05) is 36.8 Å². The summed E-state index contributed by atoms with van der Waals surface area (Å²) in [7, 11) is 0. The van der Waals surface area contributed by atoms with Crippen molar-refractivity contribution in [2.45, 2.75) is 39.5 Å². The van der Waals surface area contributed by atoms with E-state index in [2.05, 4.69) is 38.1 Å². The molecule has 0 spiro atoms. The summed E-state index contributed by atoms with van der Waals surface area (Å²) in [5.74, 6) is 1.46. The molecule has 1 aromatic carbocycles. The molecule has 0 N–H and O–H groups in total. The van der Waals surface area contributed by atoms with Gasteiger partial charge in [0, 0.05) is 12.3 Å². The number of aryl methyl sites for hydroxylation is 1. The highest BCUT2D eigenvalue weighted by Crippen LogP contribution is 2.28. The minimum atomic E-state index is 0.270. The Morgan fingerprint density at radius 3 is 2.62 bits per heavy atom. The summed E-state index contributed by atoms with van der Waals surface area (Å²) in [5.41, 5.74) is 2.59. The first-order valence-electron chi connectivity index (χ1n) is 6.23. The maximum absolute atomic E-state index is 11.8. The van der Waals surface area contributed by atoms with Crippen LogP contribution in [0.5, 0.6) is 0 Å². The summed E-state index contributed by atoms with van der Waals surface area (Å²) in [6.07, 6.45) is 3.89. The van der Waals surface area contributed by atoms with Gasteiger partial charge in [-0.05, 0) is 37.7 Å². The number of ketones is 1. The molecule has 1 heteroatoms. The predicted octanol–water partition coefficient (Wildman–Crippen LogP) is 3.54. The quantitative estimate of drug-likeness (QED) is 0.739. The zero-order valence-electron chi connectivity index (χ0n) is 10.2. The van der Waals surface area contributed by atoms with Gasteiger partial charge >= 0.3 is 0 Å². The molecule has 2 rings (SSSR count). The average molecular weight is 216 g/mol. The highest BCUT2D eigenvalue weighted by atomic mass is 16.1. The van der Waals surface area contributed by atoms with Crippen molar-refractivity contribution in [2.75, 3.05) is 0 Å². The number of hydrogen-bond donors (Lipinski definition) is 0. The van der Waals surface area contributed by atoms with E-state index in [1.165, 1.54) is 11.1 Å². The molecule has 0 aromatic heterocycles. The molecule has 0 bridgehead atoms. The van der Waals surface area contributed by atoms with Crippen LogP contribution in [0.3, 0.4) is 0 Å². The molecule has 0 amide bonds. The van der Waals surface area contributed by atoms with Crippen LogP contribution < -0.4 is 0 Å². The van der Waals surface area contributed by atoms with Gasteiger partial charge in [-0.2, -0.15) is 0 Å². The van der Waals surface area contributed by atoms with E-state index in [1.54, 1.807) is 0 Å². The zero-order chi connectivity index (χ0) is 11.5. The van der Waals surface area contributed by atoms with Gasteiger partial charge in [0.25, 0.3) is 0 Å². The fourth-order valence-corrected chi connectivity index (χ4v) is 2.53. The topological polar surface area (TPSA) is 17.1 Å². The molecule has 0 heterocycles. The van der Waals surface area contributed by atoms with E-state index in [9.17, 15) is 4.79 Å². The summed E-state index contributed by atoms with van der Waals surface area (Å²) in [6, 6.07) is 8.57. The van der Waals surface area contributed by atoms with Crippen LogP contribution in [0.2, 0.25) is 0 Å². The van der Waals surface area contributed by atoms with Gasteiger partial charge in [0.2, 0.25) is 0 Å². The standard InChI is InChI=1S/C15H20O/c1-11-3-6-13(7-4-11)10-14-9-12(2)5-8-15(14)16/h3-4,6-7,12,14H,5,8-10H2,1-2H3. The lowest BCUT2D eigenvalue weighted by Gasteiger charge is -2.25. The number of rotatable bonds is 2. The fourth-order valence-electron chi connectivity index (χ4n) is 2.53. The van der Waals surface area contributed by atoms with E-state index in [0.29, 0.717) is 11.7 Å². The smallest absolute Gasteiger partial charge is 0.136 e. The van der Waals surface area contributed by atoms with Crippen LogP contribution in [0, 0.1) is 18.8 Å². The zero-order valence-corrected chi connectivity index (χ0v) is 10.2. The third-order valence-electron chi connectivity index (χ3n) is 3.63. The summed E-state index contributed by atoms with van der Waals surface area (Å²) in [4.78, 5) is 11.8. The lowest BCUT2D eigenvalue weighted by Crippen LogP contribution is -2.25. The Morgan fingerprint density at radius 1 is 1.25 bits per heavy atom. The van der Waals surface area contributed by atoms with Crippen LogP contribution in [0.25, 0.3) is 0 Å². The number of hydrogen-bond acceptors (Lipinski definition) is 1.